The summed E-state index contributed by atoms with van der Waals surface area (Å²) in [6, 6.07) is 16.9. The van der Waals surface area contributed by atoms with Gasteiger partial charge in [0.05, 0.1) is 19.4 Å². The van der Waals surface area contributed by atoms with Crippen LogP contribution < -0.4 is 21.3 Å². The number of aromatic nitrogens is 5. The first-order valence-corrected chi connectivity index (χ1v) is 14.4. The van der Waals surface area contributed by atoms with Gasteiger partial charge in [-0.05, 0) is 49.2 Å². The van der Waals surface area contributed by atoms with Gasteiger partial charge in [-0.3, -0.25) is 14.0 Å². The number of rotatable bonds is 6. The molecule has 0 aliphatic carbocycles. The zero-order valence-electron chi connectivity index (χ0n) is 23.5. The quantitative estimate of drug-likeness (QED) is 0.237. The van der Waals surface area contributed by atoms with Crippen LogP contribution in [0.5, 0.6) is 0 Å². The number of carbonyl (C=O) groups excluding carboxylic acids is 2. The SMILES string of the molecule is Nc1cn2c(Nc3ccc(C(=O)N4CCOCC4)cc3)nc(N3CCCC(NC(=O)c4cc5ccccc5[nH]4)C3)nc2n1. The smallest absolute Gasteiger partial charge is 0.268 e. The minimum Gasteiger partial charge on any atom is -0.382 e. The van der Waals surface area contributed by atoms with Crippen molar-refractivity contribution in [3.05, 3.63) is 72.1 Å². The van der Waals surface area contributed by atoms with Crippen LogP contribution in [0.1, 0.15) is 33.7 Å². The molecule has 13 nitrogen and oxygen atoms in total. The Bertz CT molecular complexity index is 1760. The molecule has 2 aromatic carbocycles. The summed E-state index contributed by atoms with van der Waals surface area (Å²) in [6.45, 7) is 3.58. The molecule has 2 amide bonds. The zero-order valence-corrected chi connectivity index (χ0v) is 23.5. The molecule has 13 heteroatoms. The van der Waals surface area contributed by atoms with Crippen molar-refractivity contribution in [3.63, 3.8) is 0 Å². The number of nitrogens with zero attached hydrogens (tertiary/aromatic N) is 6. The Kier molecular flexibility index (Phi) is 6.99. The summed E-state index contributed by atoms with van der Waals surface area (Å²) in [6.07, 6.45) is 3.38. The molecule has 0 radical (unpaired) electrons. The number of ether oxygens (including phenoxy) is 1. The Labute approximate surface area is 247 Å². The third kappa shape index (κ3) is 5.54. The van der Waals surface area contributed by atoms with E-state index in [1.54, 1.807) is 27.6 Å². The van der Waals surface area contributed by atoms with Gasteiger partial charge in [0.2, 0.25) is 17.7 Å². The van der Waals surface area contributed by atoms with E-state index in [0.29, 0.717) is 67.6 Å². The fourth-order valence-corrected chi connectivity index (χ4v) is 5.63. The fraction of sp³-hybridized carbons (Fsp3) is 0.300. The predicted molar refractivity (Wildman–Crippen MR) is 163 cm³/mol. The largest absolute Gasteiger partial charge is 0.382 e. The Morgan fingerprint density at radius 2 is 1.81 bits per heavy atom. The monoisotopic (exact) mass is 580 g/mol. The number of imidazole rings is 1. The van der Waals surface area contributed by atoms with Crippen LogP contribution in [0.2, 0.25) is 0 Å². The van der Waals surface area contributed by atoms with E-state index in [9.17, 15) is 9.59 Å². The van der Waals surface area contributed by atoms with Crippen LogP contribution in [0, 0.1) is 0 Å². The highest BCUT2D eigenvalue weighted by atomic mass is 16.5. The minimum absolute atomic E-state index is 0.0137. The number of nitrogens with one attached hydrogen (secondary N) is 3. The summed E-state index contributed by atoms with van der Waals surface area (Å²) < 4.78 is 7.06. The van der Waals surface area contributed by atoms with Crippen LogP contribution in [0.4, 0.5) is 23.4 Å². The summed E-state index contributed by atoms with van der Waals surface area (Å²) in [5.74, 6) is 1.56. The third-order valence-corrected chi connectivity index (χ3v) is 7.84. The van der Waals surface area contributed by atoms with E-state index >= 15 is 0 Å². The van der Waals surface area contributed by atoms with Gasteiger partial charge in [0.25, 0.3) is 11.8 Å². The first-order valence-electron chi connectivity index (χ1n) is 14.4. The number of hydrogen-bond donors (Lipinski definition) is 4. The number of fused-ring (bicyclic) bond motifs is 2. The molecule has 2 aliphatic heterocycles. The Hall–Kier alpha value is -5.17. The molecule has 2 aliphatic rings. The minimum atomic E-state index is -0.140. The van der Waals surface area contributed by atoms with Crippen LogP contribution in [-0.4, -0.2) is 86.5 Å². The van der Waals surface area contributed by atoms with Crippen molar-refractivity contribution in [2.75, 3.05) is 55.3 Å². The van der Waals surface area contributed by atoms with E-state index in [1.165, 1.54) is 0 Å². The van der Waals surface area contributed by atoms with E-state index < -0.39 is 0 Å². The van der Waals surface area contributed by atoms with Gasteiger partial charge in [-0.1, -0.05) is 18.2 Å². The molecule has 5 aromatic rings. The first-order chi connectivity index (χ1) is 21.0. The van der Waals surface area contributed by atoms with Crippen molar-refractivity contribution in [1.82, 2.24) is 34.6 Å². The van der Waals surface area contributed by atoms with Gasteiger partial charge in [0.1, 0.15) is 11.5 Å². The molecule has 2 saturated heterocycles. The molecule has 1 atom stereocenters. The van der Waals surface area contributed by atoms with E-state index in [-0.39, 0.29) is 17.9 Å². The van der Waals surface area contributed by atoms with E-state index in [2.05, 4.69) is 30.5 Å². The summed E-state index contributed by atoms with van der Waals surface area (Å²) in [7, 11) is 0. The molecule has 5 N–H and O–H groups in total. The number of piperidine rings is 1. The molecule has 0 saturated carbocycles. The van der Waals surface area contributed by atoms with Crippen LogP contribution in [-0.2, 0) is 4.74 Å². The lowest BCUT2D eigenvalue weighted by atomic mass is 10.1. The molecule has 0 bridgehead atoms. The van der Waals surface area contributed by atoms with Crippen LogP contribution >= 0.6 is 0 Å². The number of para-hydroxylation sites is 1. The number of morpholine rings is 1. The highest BCUT2D eigenvalue weighted by molar-refractivity contribution is 5.98. The van der Waals surface area contributed by atoms with Crippen molar-refractivity contribution >= 4 is 51.9 Å². The molecule has 43 heavy (non-hydrogen) atoms. The number of anilines is 4. The molecule has 2 fully saturated rings. The van der Waals surface area contributed by atoms with Crippen LogP contribution in [0.15, 0.2) is 60.8 Å². The van der Waals surface area contributed by atoms with Crippen molar-refractivity contribution in [2.24, 2.45) is 0 Å². The van der Waals surface area contributed by atoms with Crippen LogP contribution in [0.3, 0.4) is 0 Å². The standard InChI is InChI=1S/C30H32N10O3/c31-25-18-40-29(33-21-9-7-19(8-10-21)27(42)38-12-14-43-15-13-38)36-28(37-30(40)35-25)39-11-3-5-22(17-39)32-26(41)24-16-20-4-1-2-6-23(20)34-24/h1-2,4,6-10,16,18,22,34H,3,5,11-15,17,31H2,(H,32,41)(H,33,35,36,37). The molecule has 3 aromatic heterocycles. The average molecular weight is 581 g/mol. The van der Waals surface area contributed by atoms with Gasteiger partial charge in [-0.25, -0.2) is 0 Å². The summed E-state index contributed by atoms with van der Waals surface area (Å²) in [5.41, 5.74) is 8.85. The lowest BCUT2D eigenvalue weighted by Crippen LogP contribution is -2.48. The maximum Gasteiger partial charge on any atom is 0.268 e. The lowest BCUT2D eigenvalue weighted by Gasteiger charge is -2.33. The number of aromatic amines is 1. The highest BCUT2D eigenvalue weighted by Crippen LogP contribution is 2.24. The van der Waals surface area contributed by atoms with Gasteiger partial charge in [-0.2, -0.15) is 15.0 Å². The normalized spacial score (nSPS) is 17.3. The third-order valence-electron chi connectivity index (χ3n) is 7.84. The summed E-state index contributed by atoms with van der Waals surface area (Å²) in [5, 5.41) is 7.50. The molecule has 7 rings (SSSR count). The second-order valence-corrected chi connectivity index (χ2v) is 10.8. The van der Waals surface area contributed by atoms with Crippen molar-refractivity contribution in [3.8, 4) is 0 Å². The number of nitrogen functional groups attached to an aromatic ring is 1. The number of nitrogens with two attached hydrogens (primary N) is 1. The van der Waals surface area contributed by atoms with Gasteiger partial charge < -0.3 is 35.9 Å². The van der Waals surface area contributed by atoms with E-state index in [1.807, 2.05) is 42.5 Å². The number of amides is 2. The lowest BCUT2D eigenvalue weighted by molar-refractivity contribution is 0.0303. The number of carbonyl (C=O) groups is 2. The van der Waals surface area contributed by atoms with Crippen molar-refractivity contribution in [1.29, 1.82) is 0 Å². The molecule has 1 unspecified atom stereocenters. The second-order valence-electron chi connectivity index (χ2n) is 10.8. The number of H-pyrrole nitrogens is 1. The zero-order chi connectivity index (χ0) is 29.3. The topological polar surface area (TPSA) is 159 Å². The Balaban J connectivity index is 1.08. The summed E-state index contributed by atoms with van der Waals surface area (Å²) >= 11 is 0. The van der Waals surface area contributed by atoms with Gasteiger partial charge >= 0.3 is 0 Å². The highest BCUT2D eigenvalue weighted by Gasteiger charge is 2.26. The van der Waals surface area contributed by atoms with Crippen molar-refractivity contribution in [2.45, 2.75) is 18.9 Å². The molecular weight excluding hydrogens is 548 g/mol. The second kappa shape index (κ2) is 11.2. The predicted octanol–water partition coefficient (Wildman–Crippen LogP) is 2.80. The fourth-order valence-electron chi connectivity index (χ4n) is 5.63. The maximum absolute atomic E-state index is 13.1. The molecule has 220 valence electrons. The average Bonchev–Trinajstić information content (AvgIpc) is 3.65. The Morgan fingerprint density at radius 3 is 2.63 bits per heavy atom. The van der Waals surface area contributed by atoms with E-state index in [0.717, 1.165) is 36.0 Å². The summed E-state index contributed by atoms with van der Waals surface area (Å²) in [4.78, 5) is 46.8. The van der Waals surface area contributed by atoms with E-state index in [4.69, 9.17) is 15.5 Å². The number of benzene rings is 2. The van der Waals surface area contributed by atoms with Crippen LogP contribution in [0.25, 0.3) is 16.7 Å². The van der Waals surface area contributed by atoms with Gasteiger partial charge in [0, 0.05) is 54.4 Å². The van der Waals surface area contributed by atoms with Gasteiger partial charge in [-0.15, -0.1) is 0 Å². The Morgan fingerprint density at radius 1 is 1.00 bits per heavy atom. The number of hydrogen-bond acceptors (Lipinski definition) is 9. The first kappa shape index (κ1) is 26.7. The maximum atomic E-state index is 13.1. The molecule has 5 heterocycles. The van der Waals surface area contributed by atoms with Gasteiger partial charge in [0.15, 0.2) is 0 Å². The molecular formula is C30H32N10O3. The molecule has 0 spiro atoms. The van der Waals surface area contributed by atoms with Crippen molar-refractivity contribution < 1.29 is 14.3 Å².